The minimum Gasteiger partial charge on any atom is -0.444 e. The summed E-state index contributed by atoms with van der Waals surface area (Å²) in [5, 5.41) is 2.77. The third-order valence-electron chi connectivity index (χ3n) is 3.63. The lowest BCUT2D eigenvalue weighted by Gasteiger charge is -2.20. The number of H-pyrrole nitrogens is 1. The van der Waals surface area contributed by atoms with E-state index in [4.69, 9.17) is 4.74 Å². The van der Waals surface area contributed by atoms with Crippen molar-refractivity contribution in [3.63, 3.8) is 0 Å². The average molecular weight is 350 g/mol. The number of carbonyl (C=O) groups is 1. The van der Waals surface area contributed by atoms with Crippen LogP contribution in [-0.4, -0.2) is 26.6 Å². The van der Waals surface area contributed by atoms with Crippen molar-refractivity contribution in [2.45, 2.75) is 32.9 Å². The summed E-state index contributed by atoms with van der Waals surface area (Å²) in [7, 11) is 0. The monoisotopic (exact) mass is 350 g/mol. The molecule has 2 N–H and O–H groups in total. The number of benzene rings is 1. The Hall–Kier alpha value is -3.15. The smallest absolute Gasteiger partial charge is 0.407 e. The predicted octanol–water partition coefficient (Wildman–Crippen LogP) is 4.16. The normalized spacial score (nSPS) is 11.2. The Morgan fingerprint density at radius 3 is 2.62 bits per heavy atom. The van der Waals surface area contributed by atoms with Crippen LogP contribution in [0.1, 0.15) is 26.3 Å². The van der Waals surface area contributed by atoms with Gasteiger partial charge < -0.3 is 15.0 Å². The molecule has 0 unspecified atom stereocenters. The minimum absolute atomic E-state index is 0.299. The molecule has 1 amide bonds. The van der Waals surface area contributed by atoms with Crippen molar-refractivity contribution in [1.29, 1.82) is 0 Å². The van der Waals surface area contributed by atoms with E-state index >= 15 is 0 Å². The number of hydrogen-bond acceptors (Lipinski definition) is 4. The Bertz CT molecular complexity index is 869. The summed E-state index contributed by atoms with van der Waals surface area (Å²) >= 11 is 0. The molecule has 0 saturated heterocycles. The van der Waals surface area contributed by atoms with Gasteiger partial charge in [0.15, 0.2) is 0 Å². The van der Waals surface area contributed by atoms with Gasteiger partial charge in [0, 0.05) is 41.8 Å². The number of imidazole rings is 1. The van der Waals surface area contributed by atoms with E-state index in [9.17, 15) is 4.79 Å². The van der Waals surface area contributed by atoms with E-state index in [1.807, 2.05) is 57.2 Å². The van der Waals surface area contributed by atoms with E-state index in [1.165, 1.54) is 0 Å². The van der Waals surface area contributed by atoms with Crippen molar-refractivity contribution in [3.05, 3.63) is 60.6 Å². The molecule has 2 heterocycles. The molecule has 0 fully saturated rings. The third-order valence-corrected chi connectivity index (χ3v) is 3.63. The van der Waals surface area contributed by atoms with Crippen LogP contribution in [0.15, 0.2) is 55.0 Å². The highest BCUT2D eigenvalue weighted by molar-refractivity contribution is 5.71. The summed E-state index contributed by atoms with van der Waals surface area (Å²) in [6.45, 7) is 5.79. The first-order chi connectivity index (χ1) is 12.4. The lowest BCUT2D eigenvalue weighted by molar-refractivity contribution is 0.0523. The fraction of sp³-hybridized carbons (Fsp3) is 0.250. The van der Waals surface area contributed by atoms with Crippen molar-refractivity contribution in [1.82, 2.24) is 20.3 Å². The van der Waals surface area contributed by atoms with Crippen LogP contribution in [0.3, 0.4) is 0 Å². The summed E-state index contributed by atoms with van der Waals surface area (Å²) in [6, 6.07) is 11.9. The van der Waals surface area contributed by atoms with E-state index in [2.05, 4.69) is 20.3 Å². The first kappa shape index (κ1) is 17.7. The number of alkyl carbamates (subject to hydrolysis) is 1. The molecule has 3 rings (SSSR count). The van der Waals surface area contributed by atoms with Gasteiger partial charge in [0.05, 0.1) is 5.69 Å². The van der Waals surface area contributed by atoms with Crippen LogP contribution < -0.4 is 5.32 Å². The fourth-order valence-electron chi connectivity index (χ4n) is 2.51. The van der Waals surface area contributed by atoms with Crippen LogP contribution in [0.2, 0.25) is 0 Å². The zero-order chi connectivity index (χ0) is 18.6. The quantitative estimate of drug-likeness (QED) is 0.740. The average Bonchev–Trinajstić information content (AvgIpc) is 3.13. The van der Waals surface area contributed by atoms with Crippen molar-refractivity contribution in [2.75, 3.05) is 0 Å². The van der Waals surface area contributed by atoms with Gasteiger partial charge >= 0.3 is 6.09 Å². The van der Waals surface area contributed by atoms with Gasteiger partial charge in [0.25, 0.3) is 0 Å². The Kier molecular flexibility index (Phi) is 5.02. The van der Waals surface area contributed by atoms with Crippen LogP contribution in [-0.2, 0) is 11.3 Å². The lowest BCUT2D eigenvalue weighted by atomic mass is 10.0. The number of aromatic nitrogens is 3. The Morgan fingerprint density at radius 1 is 1.19 bits per heavy atom. The Morgan fingerprint density at radius 2 is 1.96 bits per heavy atom. The van der Waals surface area contributed by atoms with Gasteiger partial charge in [-0.2, -0.15) is 0 Å². The number of hydrogen-bond donors (Lipinski definition) is 2. The molecule has 0 atom stereocenters. The largest absolute Gasteiger partial charge is 0.444 e. The van der Waals surface area contributed by atoms with Gasteiger partial charge in [0.2, 0.25) is 0 Å². The molecule has 0 radical (unpaired) electrons. The van der Waals surface area contributed by atoms with Crippen LogP contribution in [0.5, 0.6) is 0 Å². The predicted molar refractivity (Wildman–Crippen MR) is 100 cm³/mol. The van der Waals surface area contributed by atoms with Crippen molar-refractivity contribution < 1.29 is 9.53 Å². The molecule has 0 saturated carbocycles. The fourth-order valence-corrected chi connectivity index (χ4v) is 2.51. The molecule has 6 heteroatoms. The van der Waals surface area contributed by atoms with E-state index in [0.717, 1.165) is 28.2 Å². The maximum atomic E-state index is 11.9. The number of nitrogens with zero attached hydrogens (tertiary/aromatic N) is 2. The number of nitrogens with one attached hydrogen (secondary N) is 2. The molecule has 0 aliphatic carbocycles. The van der Waals surface area contributed by atoms with Crippen LogP contribution in [0.4, 0.5) is 4.79 Å². The van der Waals surface area contributed by atoms with Crippen LogP contribution in [0, 0.1) is 0 Å². The lowest BCUT2D eigenvalue weighted by Crippen LogP contribution is -2.32. The van der Waals surface area contributed by atoms with Crippen LogP contribution >= 0.6 is 0 Å². The maximum Gasteiger partial charge on any atom is 0.407 e. The summed E-state index contributed by atoms with van der Waals surface area (Å²) in [4.78, 5) is 23.9. The number of ether oxygens (including phenoxy) is 1. The highest BCUT2D eigenvalue weighted by Gasteiger charge is 2.17. The zero-order valence-electron chi connectivity index (χ0n) is 15.1. The zero-order valence-corrected chi connectivity index (χ0v) is 15.1. The SMILES string of the molecule is CC(C)(C)OC(=O)NCc1cnc(-c2ccccc2)cc1-c1ncc[nH]1. The van der Waals surface area contributed by atoms with Gasteiger partial charge in [-0.25, -0.2) is 9.78 Å². The Balaban J connectivity index is 1.87. The molecule has 2 aromatic heterocycles. The molecule has 3 aromatic rings. The van der Waals surface area contributed by atoms with E-state index < -0.39 is 11.7 Å². The van der Waals surface area contributed by atoms with Crippen LogP contribution in [0.25, 0.3) is 22.6 Å². The van der Waals surface area contributed by atoms with Crippen molar-refractivity contribution in [2.24, 2.45) is 0 Å². The summed E-state index contributed by atoms with van der Waals surface area (Å²) in [5.74, 6) is 0.727. The van der Waals surface area contributed by atoms with Crippen molar-refractivity contribution >= 4 is 6.09 Å². The molecule has 26 heavy (non-hydrogen) atoms. The van der Waals surface area contributed by atoms with Gasteiger partial charge in [-0.05, 0) is 26.8 Å². The number of pyridine rings is 1. The maximum absolute atomic E-state index is 11.9. The van der Waals surface area contributed by atoms with Crippen molar-refractivity contribution in [3.8, 4) is 22.6 Å². The Labute approximate surface area is 152 Å². The first-order valence-corrected chi connectivity index (χ1v) is 8.43. The molecule has 0 aliphatic rings. The number of aromatic amines is 1. The standard InChI is InChI=1S/C20H22N4O2/c1-20(2,3)26-19(25)24-13-15-12-23-17(14-7-5-4-6-8-14)11-16(15)18-21-9-10-22-18/h4-12H,13H2,1-3H3,(H,21,22)(H,24,25). The number of amides is 1. The van der Waals surface area contributed by atoms with Gasteiger partial charge in [-0.15, -0.1) is 0 Å². The molecule has 0 spiro atoms. The molecule has 6 nitrogen and oxygen atoms in total. The van der Waals surface area contributed by atoms with Gasteiger partial charge in [-0.3, -0.25) is 4.98 Å². The highest BCUT2D eigenvalue weighted by Crippen LogP contribution is 2.26. The molecule has 134 valence electrons. The van der Waals surface area contributed by atoms with Gasteiger partial charge in [0.1, 0.15) is 11.4 Å². The molecule has 0 bridgehead atoms. The number of carbonyl (C=O) groups excluding carboxylic acids is 1. The molecular weight excluding hydrogens is 328 g/mol. The third kappa shape index (κ3) is 4.47. The highest BCUT2D eigenvalue weighted by atomic mass is 16.6. The van der Waals surface area contributed by atoms with Gasteiger partial charge in [-0.1, -0.05) is 30.3 Å². The van der Waals surface area contributed by atoms with E-state index in [-0.39, 0.29) is 0 Å². The first-order valence-electron chi connectivity index (χ1n) is 8.43. The summed E-state index contributed by atoms with van der Waals surface area (Å²) < 4.78 is 5.29. The number of rotatable bonds is 4. The topological polar surface area (TPSA) is 79.9 Å². The van der Waals surface area contributed by atoms with E-state index in [1.54, 1.807) is 18.6 Å². The second-order valence-electron chi connectivity index (χ2n) is 6.89. The molecule has 0 aliphatic heterocycles. The summed E-state index contributed by atoms with van der Waals surface area (Å²) in [5.41, 5.74) is 3.07. The second-order valence-corrected chi connectivity index (χ2v) is 6.89. The second kappa shape index (κ2) is 7.39. The summed E-state index contributed by atoms with van der Waals surface area (Å²) in [6.07, 6.45) is 4.76. The molecular formula is C20H22N4O2. The minimum atomic E-state index is -0.538. The van der Waals surface area contributed by atoms with E-state index in [0.29, 0.717) is 6.54 Å². The molecule has 1 aromatic carbocycles.